The third-order valence-electron chi connectivity index (χ3n) is 3.85. The zero-order chi connectivity index (χ0) is 15.9. The SMILES string of the molecule is CC(C)[C@H]([NH2+][C@@H](C)C(=O)Nc1ccccc1)c1ccccc1. The Morgan fingerprint density at radius 1 is 0.909 bits per heavy atom. The summed E-state index contributed by atoms with van der Waals surface area (Å²) in [7, 11) is 0. The molecule has 3 N–H and O–H groups in total. The Bertz CT molecular complexity index is 581. The number of nitrogens with two attached hydrogens (primary N) is 1. The van der Waals surface area contributed by atoms with Crippen LogP contribution in [0.4, 0.5) is 5.69 Å². The average molecular weight is 297 g/mol. The largest absolute Gasteiger partial charge is 0.330 e. The molecule has 3 heteroatoms. The third-order valence-corrected chi connectivity index (χ3v) is 3.85. The number of rotatable bonds is 6. The van der Waals surface area contributed by atoms with Crippen LogP contribution in [-0.4, -0.2) is 11.9 Å². The van der Waals surface area contributed by atoms with E-state index >= 15 is 0 Å². The standard InChI is InChI=1S/C19H24N2O/c1-14(2)18(16-10-6-4-7-11-16)20-15(3)19(22)21-17-12-8-5-9-13-17/h4-15,18,20H,1-3H3,(H,21,22)/p+1/t15-,18-/m0/s1. The smallest absolute Gasteiger partial charge is 0.282 e. The minimum atomic E-state index is -0.146. The van der Waals surface area contributed by atoms with Crippen molar-refractivity contribution in [2.45, 2.75) is 32.9 Å². The maximum atomic E-state index is 12.4. The van der Waals surface area contributed by atoms with Gasteiger partial charge in [0.05, 0.1) is 0 Å². The van der Waals surface area contributed by atoms with Crippen LogP contribution in [0, 0.1) is 5.92 Å². The Morgan fingerprint density at radius 3 is 2.00 bits per heavy atom. The first-order chi connectivity index (χ1) is 10.6. The molecule has 2 aromatic carbocycles. The molecular weight excluding hydrogens is 272 g/mol. The number of carbonyl (C=O) groups is 1. The van der Waals surface area contributed by atoms with Gasteiger partial charge in [0.2, 0.25) is 0 Å². The number of anilines is 1. The average Bonchev–Trinajstić information content (AvgIpc) is 2.53. The summed E-state index contributed by atoms with van der Waals surface area (Å²) in [6.45, 7) is 6.34. The summed E-state index contributed by atoms with van der Waals surface area (Å²) in [5.41, 5.74) is 2.10. The molecule has 0 aliphatic rings. The molecule has 0 heterocycles. The van der Waals surface area contributed by atoms with E-state index in [-0.39, 0.29) is 18.0 Å². The number of nitrogens with one attached hydrogen (secondary N) is 1. The van der Waals surface area contributed by atoms with Crippen LogP contribution >= 0.6 is 0 Å². The quantitative estimate of drug-likeness (QED) is 0.846. The molecule has 2 rings (SSSR count). The second-order valence-corrected chi connectivity index (χ2v) is 6.02. The number of hydrogen-bond acceptors (Lipinski definition) is 1. The topological polar surface area (TPSA) is 45.7 Å². The fraction of sp³-hybridized carbons (Fsp3) is 0.316. The van der Waals surface area contributed by atoms with Gasteiger partial charge in [0.25, 0.3) is 5.91 Å². The van der Waals surface area contributed by atoms with E-state index in [1.165, 1.54) is 5.56 Å². The molecule has 2 atom stereocenters. The van der Waals surface area contributed by atoms with E-state index in [1.54, 1.807) is 0 Å². The zero-order valence-electron chi connectivity index (χ0n) is 13.5. The fourth-order valence-corrected chi connectivity index (χ4v) is 2.57. The van der Waals surface area contributed by atoms with Crippen LogP contribution in [0.5, 0.6) is 0 Å². The highest BCUT2D eigenvalue weighted by molar-refractivity contribution is 5.93. The van der Waals surface area contributed by atoms with E-state index in [1.807, 2.05) is 55.5 Å². The molecule has 0 unspecified atom stereocenters. The lowest BCUT2D eigenvalue weighted by atomic mass is 9.95. The first kappa shape index (κ1) is 16.2. The molecule has 2 aromatic rings. The van der Waals surface area contributed by atoms with Crippen molar-refractivity contribution >= 4 is 11.6 Å². The lowest BCUT2D eigenvalue weighted by molar-refractivity contribution is -0.718. The van der Waals surface area contributed by atoms with Crippen molar-refractivity contribution in [3.05, 3.63) is 66.2 Å². The highest BCUT2D eigenvalue weighted by atomic mass is 16.2. The molecule has 22 heavy (non-hydrogen) atoms. The van der Waals surface area contributed by atoms with Gasteiger partial charge in [-0.1, -0.05) is 62.4 Å². The van der Waals surface area contributed by atoms with Gasteiger partial charge in [-0.15, -0.1) is 0 Å². The highest BCUT2D eigenvalue weighted by Crippen LogP contribution is 2.17. The van der Waals surface area contributed by atoms with E-state index < -0.39 is 0 Å². The maximum absolute atomic E-state index is 12.4. The minimum absolute atomic E-state index is 0.0350. The van der Waals surface area contributed by atoms with Gasteiger partial charge in [-0.3, -0.25) is 4.79 Å². The lowest BCUT2D eigenvalue weighted by Gasteiger charge is -2.23. The summed E-state index contributed by atoms with van der Waals surface area (Å²) in [6.07, 6.45) is 0. The van der Waals surface area contributed by atoms with Gasteiger partial charge >= 0.3 is 0 Å². The van der Waals surface area contributed by atoms with Crippen molar-refractivity contribution in [3.8, 4) is 0 Å². The van der Waals surface area contributed by atoms with E-state index in [9.17, 15) is 4.79 Å². The predicted molar refractivity (Wildman–Crippen MR) is 90.5 cm³/mol. The van der Waals surface area contributed by atoms with Gasteiger partial charge in [-0.2, -0.15) is 0 Å². The molecule has 0 radical (unpaired) electrons. The lowest BCUT2D eigenvalue weighted by Crippen LogP contribution is -2.93. The normalized spacial score (nSPS) is 13.6. The molecular formula is C19H25N2O+. The van der Waals surface area contributed by atoms with Crippen molar-refractivity contribution in [3.63, 3.8) is 0 Å². The maximum Gasteiger partial charge on any atom is 0.282 e. The van der Waals surface area contributed by atoms with Crippen molar-refractivity contribution in [1.82, 2.24) is 0 Å². The molecule has 0 aliphatic carbocycles. The van der Waals surface area contributed by atoms with Crippen LogP contribution in [0.1, 0.15) is 32.4 Å². The Balaban J connectivity index is 2.02. The molecule has 0 saturated heterocycles. The monoisotopic (exact) mass is 297 g/mol. The molecule has 3 nitrogen and oxygen atoms in total. The van der Waals surface area contributed by atoms with E-state index in [2.05, 4.69) is 36.6 Å². The molecule has 0 fully saturated rings. The molecule has 0 aromatic heterocycles. The Labute approximate surface area is 132 Å². The number of amides is 1. The second-order valence-electron chi connectivity index (χ2n) is 6.02. The van der Waals surface area contributed by atoms with Gasteiger partial charge in [0.15, 0.2) is 6.04 Å². The molecule has 1 amide bonds. The second kappa shape index (κ2) is 7.76. The number of quaternary nitrogens is 1. The van der Waals surface area contributed by atoms with E-state index in [0.29, 0.717) is 5.92 Å². The van der Waals surface area contributed by atoms with Gasteiger partial charge < -0.3 is 10.6 Å². The molecule has 0 saturated carbocycles. The van der Waals surface area contributed by atoms with Crippen LogP contribution in [0.2, 0.25) is 0 Å². The first-order valence-corrected chi connectivity index (χ1v) is 7.83. The summed E-state index contributed by atoms with van der Waals surface area (Å²) < 4.78 is 0. The van der Waals surface area contributed by atoms with Gasteiger partial charge in [-0.25, -0.2) is 0 Å². The molecule has 116 valence electrons. The molecule has 0 bridgehead atoms. The molecule has 0 spiro atoms. The molecule has 0 aliphatic heterocycles. The summed E-state index contributed by atoms with van der Waals surface area (Å²) in [4.78, 5) is 12.4. The van der Waals surface area contributed by atoms with Crippen LogP contribution in [-0.2, 0) is 4.79 Å². The van der Waals surface area contributed by atoms with Crippen molar-refractivity contribution < 1.29 is 10.1 Å². The Morgan fingerprint density at radius 2 is 1.45 bits per heavy atom. The summed E-state index contributed by atoms with van der Waals surface area (Å²) in [5, 5.41) is 5.12. The Kier molecular flexibility index (Phi) is 5.73. The Hall–Kier alpha value is -2.13. The number of carbonyl (C=O) groups excluding carboxylic acids is 1. The summed E-state index contributed by atoms with van der Waals surface area (Å²) in [6, 6.07) is 20.1. The van der Waals surface area contributed by atoms with Crippen molar-refractivity contribution in [1.29, 1.82) is 0 Å². The van der Waals surface area contributed by atoms with Gasteiger partial charge in [-0.05, 0) is 19.1 Å². The van der Waals surface area contributed by atoms with Gasteiger partial charge in [0.1, 0.15) is 6.04 Å². The van der Waals surface area contributed by atoms with Crippen LogP contribution in [0.15, 0.2) is 60.7 Å². The van der Waals surface area contributed by atoms with Crippen LogP contribution < -0.4 is 10.6 Å². The first-order valence-electron chi connectivity index (χ1n) is 7.83. The van der Waals surface area contributed by atoms with Crippen molar-refractivity contribution in [2.75, 3.05) is 5.32 Å². The third kappa shape index (κ3) is 4.43. The fourth-order valence-electron chi connectivity index (χ4n) is 2.57. The van der Waals surface area contributed by atoms with Crippen molar-refractivity contribution in [2.24, 2.45) is 5.92 Å². The summed E-state index contributed by atoms with van der Waals surface area (Å²) >= 11 is 0. The number of hydrogen-bond donors (Lipinski definition) is 2. The van der Waals surface area contributed by atoms with E-state index in [4.69, 9.17) is 0 Å². The summed E-state index contributed by atoms with van der Waals surface area (Å²) in [5.74, 6) is 0.488. The zero-order valence-corrected chi connectivity index (χ0v) is 13.5. The number of para-hydroxylation sites is 1. The van der Waals surface area contributed by atoms with Crippen LogP contribution in [0.25, 0.3) is 0 Å². The highest BCUT2D eigenvalue weighted by Gasteiger charge is 2.25. The number of benzene rings is 2. The van der Waals surface area contributed by atoms with E-state index in [0.717, 1.165) is 5.69 Å². The van der Waals surface area contributed by atoms with Gasteiger partial charge in [0, 0.05) is 17.2 Å². The predicted octanol–water partition coefficient (Wildman–Crippen LogP) is 2.97. The van der Waals surface area contributed by atoms with Crippen LogP contribution in [0.3, 0.4) is 0 Å². The minimum Gasteiger partial charge on any atom is -0.330 e.